The van der Waals surface area contributed by atoms with E-state index in [9.17, 15) is 4.79 Å². The molecule has 4 rings (SSSR count). The molecule has 4 nitrogen and oxygen atoms in total. The molecule has 0 saturated heterocycles. The summed E-state index contributed by atoms with van der Waals surface area (Å²) in [5.74, 6) is 0.957. The Hall–Kier alpha value is -0.610. The number of hydrogen-bond acceptors (Lipinski definition) is 3. The van der Waals surface area contributed by atoms with Gasteiger partial charge in [0.15, 0.2) is 0 Å². The zero-order valence-corrected chi connectivity index (χ0v) is 13.8. The minimum absolute atomic E-state index is 0.0955. The van der Waals surface area contributed by atoms with Gasteiger partial charge < -0.3 is 15.4 Å². The minimum Gasteiger partial charge on any atom is -0.383 e. The van der Waals surface area contributed by atoms with Crippen LogP contribution in [-0.4, -0.2) is 38.3 Å². The summed E-state index contributed by atoms with van der Waals surface area (Å²) in [6, 6.07) is 0. The van der Waals surface area contributed by atoms with Gasteiger partial charge in [0.25, 0.3) is 0 Å². The number of nitrogens with one attached hydrogen (secondary N) is 2. The second-order valence-corrected chi connectivity index (χ2v) is 8.61. The highest BCUT2D eigenvalue weighted by atomic mass is 16.5. The van der Waals surface area contributed by atoms with Gasteiger partial charge in [-0.1, -0.05) is 13.8 Å². The SMILES string of the molecule is COCCNC(=O)CNC12CC3CC(C)(CC(C)(C3)C1)C2. The maximum atomic E-state index is 11.9. The lowest BCUT2D eigenvalue weighted by atomic mass is 9.43. The third-order valence-corrected chi connectivity index (χ3v) is 5.88. The lowest BCUT2D eigenvalue weighted by molar-refractivity contribution is -0.129. The van der Waals surface area contributed by atoms with Crippen molar-refractivity contribution < 1.29 is 9.53 Å². The van der Waals surface area contributed by atoms with Crippen molar-refractivity contribution >= 4 is 5.91 Å². The zero-order valence-electron chi connectivity index (χ0n) is 13.8. The van der Waals surface area contributed by atoms with Gasteiger partial charge in [0.2, 0.25) is 5.91 Å². The molecular weight excluding hydrogens is 264 g/mol. The summed E-state index contributed by atoms with van der Waals surface area (Å²) in [4.78, 5) is 11.9. The standard InChI is InChI=1S/C17H30N2O2/c1-15-6-13-7-16(2,10-15)12-17(8-13,11-15)19-9-14(20)18-4-5-21-3/h13,19H,4-12H2,1-3H3,(H,18,20). The van der Waals surface area contributed by atoms with E-state index in [1.54, 1.807) is 7.11 Å². The molecule has 0 aromatic carbocycles. The lowest BCUT2D eigenvalue weighted by Crippen LogP contribution is -2.65. The van der Waals surface area contributed by atoms with Gasteiger partial charge in [-0.25, -0.2) is 0 Å². The Kier molecular flexibility index (Phi) is 3.81. The Morgan fingerprint density at radius 2 is 1.81 bits per heavy atom. The van der Waals surface area contributed by atoms with Crippen LogP contribution in [0.3, 0.4) is 0 Å². The molecule has 2 atom stereocenters. The van der Waals surface area contributed by atoms with Gasteiger partial charge >= 0.3 is 0 Å². The van der Waals surface area contributed by atoms with Crippen LogP contribution in [0.5, 0.6) is 0 Å². The molecule has 0 aliphatic heterocycles. The van der Waals surface area contributed by atoms with Crippen LogP contribution in [0.1, 0.15) is 52.4 Å². The van der Waals surface area contributed by atoms with Crippen LogP contribution in [0.4, 0.5) is 0 Å². The molecule has 2 N–H and O–H groups in total. The van der Waals surface area contributed by atoms with Crippen molar-refractivity contribution in [2.75, 3.05) is 26.8 Å². The summed E-state index contributed by atoms with van der Waals surface area (Å²) in [5.41, 5.74) is 1.20. The van der Waals surface area contributed by atoms with Gasteiger partial charge in [0, 0.05) is 19.2 Å². The molecule has 0 spiro atoms. The summed E-state index contributed by atoms with van der Waals surface area (Å²) in [7, 11) is 1.65. The molecule has 21 heavy (non-hydrogen) atoms. The second-order valence-electron chi connectivity index (χ2n) is 8.61. The van der Waals surface area contributed by atoms with Crippen LogP contribution < -0.4 is 10.6 Å². The molecule has 4 fully saturated rings. The fourth-order valence-corrected chi connectivity index (χ4v) is 6.27. The minimum atomic E-state index is 0.0955. The molecule has 2 unspecified atom stereocenters. The Morgan fingerprint density at radius 1 is 1.14 bits per heavy atom. The van der Waals surface area contributed by atoms with Crippen LogP contribution >= 0.6 is 0 Å². The van der Waals surface area contributed by atoms with Crippen LogP contribution in [0.25, 0.3) is 0 Å². The van der Waals surface area contributed by atoms with E-state index >= 15 is 0 Å². The molecular formula is C17H30N2O2. The average molecular weight is 294 g/mol. The first-order chi connectivity index (χ1) is 9.86. The molecule has 4 bridgehead atoms. The van der Waals surface area contributed by atoms with Crippen LogP contribution in [0.15, 0.2) is 0 Å². The number of methoxy groups -OCH3 is 1. The van der Waals surface area contributed by atoms with Crippen molar-refractivity contribution in [3.05, 3.63) is 0 Å². The lowest BCUT2D eigenvalue weighted by Gasteiger charge is -2.65. The monoisotopic (exact) mass is 294 g/mol. The Morgan fingerprint density at radius 3 is 2.38 bits per heavy atom. The maximum Gasteiger partial charge on any atom is 0.234 e. The third kappa shape index (κ3) is 3.11. The number of ether oxygens (including phenoxy) is 1. The van der Waals surface area contributed by atoms with Gasteiger partial charge in [-0.05, 0) is 55.3 Å². The largest absolute Gasteiger partial charge is 0.383 e. The van der Waals surface area contributed by atoms with E-state index in [0.29, 0.717) is 30.5 Å². The topological polar surface area (TPSA) is 50.4 Å². The van der Waals surface area contributed by atoms with E-state index < -0.39 is 0 Å². The Bertz CT molecular complexity index is 405. The van der Waals surface area contributed by atoms with Crippen LogP contribution in [-0.2, 0) is 9.53 Å². The fourth-order valence-electron chi connectivity index (χ4n) is 6.27. The van der Waals surface area contributed by atoms with Crippen molar-refractivity contribution in [1.82, 2.24) is 10.6 Å². The smallest absolute Gasteiger partial charge is 0.234 e. The van der Waals surface area contributed by atoms with E-state index in [1.165, 1.54) is 38.5 Å². The molecule has 4 heteroatoms. The summed E-state index contributed by atoms with van der Waals surface area (Å²) in [6.07, 6.45) is 7.93. The average Bonchev–Trinajstić information content (AvgIpc) is 2.32. The highest BCUT2D eigenvalue weighted by molar-refractivity contribution is 5.78. The summed E-state index contributed by atoms with van der Waals surface area (Å²) in [6.45, 7) is 6.55. The first kappa shape index (κ1) is 15.3. The molecule has 4 saturated carbocycles. The molecule has 4 aliphatic rings. The number of rotatable bonds is 6. The molecule has 0 heterocycles. The highest BCUT2D eigenvalue weighted by Gasteiger charge is 2.59. The van der Waals surface area contributed by atoms with Crippen LogP contribution in [0.2, 0.25) is 0 Å². The Labute approximate surface area is 128 Å². The van der Waals surface area contributed by atoms with E-state index in [-0.39, 0.29) is 11.4 Å². The predicted molar refractivity (Wildman–Crippen MR) is 83.0 cm³/mol. The van der Waals surface area contributed by atoms with Crippen molar-refractivity contribution in [2.45, 2.75) is 57.9 Å². The molecule has 4 aliphatic carbocycles. The summed E-state index contributed by atoms with van der Waals surface area (Å²) in [5, 5.41) is 6.56. The van der Waals surface area contributed by atoms with Gasteiger partial charge in [0.1, 0.15) is 0 Å². The summed E-state index contributed by atoms with van der Waals surface area (Å²) < 4.78 is 4.96. The number of hydrogen-bond donors (Lipinski definition) is 2. The summed E-state index contributed by atoms with van der Waals surface area (Å²) >= 11 is 0. The predicted octanol–water partition coefficient (Wildman–Crippen LogP) is 2.09. The van der Waals surface area contributed by atoms with Crippen molar-refractivity contribution in [1.29, 1.82) is 0 Å². The van der Waals surface area contributed by atoms with Crippen molar-refractivity contribution in [3.8, 4) is 0 Å². The van der Waals surface area contributed by atoms with Crippen LogP contribution in [0, 0.1) is 16.7 Å². The van der Waals surface area contributed by atoms with E-state index in [0.717, 1.165) is 5.92 Å². The molecule has 0 aromatic heterocycles. The molecule has 1 amide bonds. The maximum absolute atomic E-state index is 11.9. The second kappa shape index (κ2) is 5.24. The van der Waals surface area contributed by atoms with Gasteiger partial charge in [-0.3, -0.25) is 4.79 Å². The quantitative estimate of drug-likeness (QED) is 0.738. The Balaban J connectivity index is 1.59. The fraction of sp³-hybridized carbons (Fsp3) is 0.941. The molecule has 0 radical (unpaired) electrons. The van der Waals surface area contributed by atoms with E-state index in [4.69, 9.17) is 4.74 Å². The van der Waals surface area contributed by atoms with Gasteiger partial charge in [0.05, 0.1) is 13.2 Å². The van der Waals surface area contributed by atoms with Crippen molar-refractivity contribution in [2.24, 2.45) is 16.7 Å². The van der Waals surface area contributed by atoms with Gasteiger partial charge in [-0.15, -0.1) is 0 Å². The van der Waals surface area contributed by atoms with E-state index in [1.807, 2.05) is 0 Å². The number of amides is 1. The first-order valence-corrected chi connectivity index (χ1v) is 8.37. The van der Waals surface area contributed by atoms with Gasteiger partial charge in [-0.2, -0.15) is 0 Å². The number of carbonyl (C=O) groups excluding carboxylic acids is 1. The molecule has 0 aromatic rings. The molecule has 120 valence electrons. The zero-order chi connectivity index (χ0) is 15.1. The third-order valence-electron chi connectivity index (χ3n) is 5.88. The normalized spacial score (nSPS) is 44.0. The number of carbonyl (C=O) groups is 1. The first-order valence-electron chi connectivity index (χ1n) is 8.37. The van der Waals surface area contributed by atoms with Crippen molar-refractivity contribution in [3.63, 3.8) is 0 Å². The van der Waals surface area contributed by atoms with E-state index in [2.05, 4.69) is 24.5 Å². The highest BCUT2D eigenvalue weighted by Crippen LogP contribution is 2.66.